The average Bonchev–Trinajstić information content (AvgIpc) is 3.47. The summed E-state index contributed by atoms with van der Waals surface area (Å²) in [6.45, 7) is 7.17. The lowest BCUT2D eigenvalue weighted by atomic mass is 9.95. The molecule has 1 amide bonds. The van der Waals surface area contributed by atoms with Gasteiger partial charge in [-0.2, -0.15) is 8.61 Å². The highest BCUT2D eigenvalue weighted by Gasteiger charge is 2.36. The van der Waals surface area contributed by atoms with Crippen LogP contribution in [0.15, 0.2) is 73.1 Å². The normalized spacial score (nSPS) is 19.7. The number of benzene rings is 2. The quantitative estimate of drug-likeness (QED) is 0.167. The van der Waals surface area contributed by atoms with Crippen molar-refractivity contribution < 1.29 is 21.6 Å². The summed E-state index contributed by atoms with van der Waals surface area (Å²) in [7, 11) is -6.39. The van der Waals surface area contributed by atoms with Gasteiger partial charge in [0.25, 0.3) is 0 Å². The van der Waals surface area contributed by atoms with Gasteiger partial charge in [-0.3, -0.25) is 24.6 Å². The van der Waals surface area contributed by atoms with Gasteiger partial charge in [0, 0.05) is 99.4 Å². The Morgan fingerprint density at radius 2 is 1.11 bits per heavy atom. The molecule has 63 heavy (non-hydrogen) atoms. The molecular formula is C46H56Cl2N8O5S2. The maximum atomic E-state index is 12.0. The number of nitrogens with zero attached hydrogens (tertiary/aromatic N) is 6. The van der Waals surface area contributed by atoms with Gasteiger partial charge in [0.2, 0.25) is 26.0 Å². The molecule has 0 spiro atoms. The van der Waals surface area contributed by atoms with Crippen molar-refractivity contribution in [1.82, 2.24) is 33.7 Å². The van der Waals surface area contributed by atoms with Gasteiger partial charge in [-0.25, -0.2) is 16.8 Å². The van der Waals surface area contributed by atoms with Crippen LogP contribution < -0.4 is 11.1 Å². The van der Waals surface area contributed by atoms with Crippen molar-refractivity contribution in [1.29, 1.82) is 0 Å². The Morgan fingerprint density at radius 3 is 1.51 bits per heavy atom. The second-order valence-corrected chi connectivity index (χ2v) is 21.3. The van der Waals surface area contributed by atoms with Crippen molar-refractivity contribution in [3.05, 3.63) is 128 Å². The summed E-state index contributed by atoms with van der Waals surface area (Å²) >= 11 is 12.7. The zero-order valence-corrected chi connectivity index (χ0v) is 39.2. The van der Waals surface area contributed by atoms with Crippen LogP contribution in [0.25, 0.3) is 23.3 Å². The van der Waals surface area contributed by atoms with E-state index in [0.29, 0.717) is 75.5 Å². The Morgan fingerprint density at radius 1 is 0.683 bits per heavy atom. The van der Waals surface area contributed by atoms with Crippen molar-refractivity contribution in [3.8, 4) is 0 Å². The molecule has 336 valence electrons. The van der Waals surface area contributed by atoms with Crippen molar-refractivity contribution in [3.63, 3.8) is 0 Å². The summed E-state index contributed by atoms with van der Waals surface area (Å²) in [4.78, 5) is 25.5. The van der Waals surface area contributed by atoms with Crippen LogP contribution in [-0.2, 0) is 24.8 Å². The van der Waals surface area contributed by atoms with E-state index in [1.54, 1.807) is 4.31 Å². The van der Waals surface area contributed by atoms with E-state index in [4.69, 9.17) is 38.9 Å². The summed E-state index contributed by atoms with van der Waals surface area (Å²) in [5.41, 5.74) is 16.8. The van der Waals surface area contributed by atoms with E-state index in [9.17, 15) is 21.6 Å². The first-order chi connectivity index (χ1) is 30.1. The lowest BCUT2D eigenvalue weighted by molar-refractivity contribution is -0.118. The Balaban J connectivity index is 0.000000190. The minimum Gasteiger partial charge on any atom is -0.356 e. The number of nitrogens with two attached hydrogens (primary N) is 1. The molecule has 2 aliphatic heterocycles. The molecule has 4 aliphatic rings. The first kappa shape index (κ1) is 46.9. The third-order valence-corrected chi connectivity index (χ3v) is 15.2. The molecule has 0 bridgehead atoms. The van der Waals surface area contributed by atoms with Gasteiger partial charge in [-0.1, -0.05) is 59.6 Å². The maximum Gasteiger partial charge on any atom is 0.216 e. The van der Waals surface area contributed by atoms with Gasteiger partial charge in [0.05, 0.1) is 36.0 Å². The standard InChI is InChI=1S/C24H29ClN4O3S.C22H27ClN4O2S/c1-17(30)26-9-3-5-18-15-19-16-20(25)7-8-22(19)24(23-21(18)6-4-10-27-23)28-11-13-29(14-12-28)33(2,31)32;1-30(28,29)27-12-10-26(11-13-27)22-20-7-6-18(23)15-17(20)14-16(4-2-8-24)19-5-3-9-25-21(19)22/h4,6-8,10,15-16,24H,3,5,9,11-14H2,1-2H3,(H,26,30);3,5-7,9,14-15,22H,2,4,8,10-13,24H2,1H3. The lowest BCUT2D eigenvalue weighted by Gasteiger charge is -2.39. The molecule has 2 aliphatic carbocycles. The molecule has 2 aromatic carbocycles. The van der Waals surface area contributed by atoms with Gasteiger partial charge < -0.3 is 11.1 Å². The largest absolute Gasteiger partial charge is 0.356 e. The third-order valence-electron chi connectivity index (χ3n) is 12.1. The van der Waals surface area contributed by atoms with E-state index in [1.807, 2.05) is 48.8 Å². The maximum absolute atomic E-state index is 12.0. The monoisotopic (exact) mass is 934 g/mol. The SMILES string of the molecule is CC(=O)NCCCC1=Cc2cc(Cl)ccc2C(N2CCN(S(C)(=O)=O)CC2)c2ncccc21.CS(=O)(=O)N1CCN(C2c3ccc(Cl)cc3C=C(CCCN)c3cccnc32)CC1. The van der Waals surface area contributed by atoms with Crippen molar-refractivity contribution >= 4 is 72.5 Å². The fourth-order valence-corrected chi connectivity index (χ4v) is 11.1. The van der Waals surface area contributed by atoms with Crippen LogP contribution in [0.3, 0.4) is 0 Å². The summed E-state index contributed by atoms with van der Waals surface area (Å²) in [5.74, 6) is -0.0302. The zero-order chi connectivity index (χ0) is 44.9. The van der Waals surface area contributed by atoms with Crippen molar-refractivity contribution in [2.45, 2.75) is 44.7 Å². The topological polar surface area (TPSA) is 162 Å². The molecule has 4 aromatic rings. The summed E-state index contributed by atoms with van der Waals surface area (Å²) in [5, 5.41) is 4.23. The van der Waals surface area contributed by atoms with Crippen LogP contribution in [0.4, 0.5) is 0 Å². The summed E-state index contributed by atoms with van der Waals surface area (Å²) in [6.07, 6.45) is 14.0. The predicted molar refractivity (Wildman–Crippen MR) is 253 cm³/mol. The Hall–Kier alpha value is -4.03. The number of rotatable bonds is 11. The Kier molecular flexibility index (Phi) is 15.2. The van der Waals surface area contributed by atoms with Crippen LogP contribution in [0.2, 0.25) is 10.0 Å². The minimum atomic E-state index is -3.21. The number of nitrogens with one attached hydrogen (secondary N) is 1. The third kappa shape index (κ3) is 11.3. The van der Waals surface area contributed by atoms with Gasteiger partial charge in [-0.15, -0.1) is 0 Å². The molecule has 2 atom stereocenters. The second kappa shape index (κ2) is 20.4. The van der Waals surface area contributed by atoms with Gasteiger partial charge >= 0.3 is 0 Å². The molecule has 2 saturated heterocycles. The Labute approximate surface area is 382 Å². The molecular weight excluding hydrogens is 880 g/mol. The van der Waals surface area contributed by atoms with Gasteiger partial charge in [0.15, 0.2) is 0 Å². The molecule has 17 heteroatoms. The highest BCUT2D eigenvalue weighted by atomic mass is 35.5. The number of aromatic nitrogens is 2. The number of piperazine rings is 2. The molecule has 13 nitrogen and oxygen atoms in total. The number of fused-ring (bicyclic) bond motifs is 4. The average molecular weight is 936 g/mol. The molecule has 2 aromatic heterocycles. The lowest BCUT2D eigenvalue weighted by Crippen LogP contribution is -2.49. The molecule has 0 radical (unpaired) electrons. The molecule has 8 rings (SSSR count). The first-order valence-corrected chi connectivity index (χ1v) is 25.8. The fourth-order valence-electron chi connectivity index (χ4n) is 9.05. The Bertz CT molecular complexity index is 2590. The van der Waals surface area contributed by atoms with E-state index in [-0.39, 0.29) is 18.0 Å². The highest BCUT2D eigenvalue weighted by molar-refractivity contribution is 7.88. The number of allylic oxidation sites excluding steroid dienone is 2. The van der Waals surface area contributed by atoms with E-state index in [0.717, 1.165) is 76.0 Å². The number of hydrogen-bond acceptors (Lipinski definition) is 10. The number of halogens is 2. The number of pyridine rings is 2. The number of hydrogen-bond donors (Lipinski definition) is 2. The molecule has 2 unspecified atom stereocenters. The van der Waals surface area contributed by atoms with Gasteiger partial charge in [0.1, 0.15) is 0 Å². The molecule has 0 saturated carbocycles. The first-order valence-electron chi connectivity index (χ1n) is 21.4. The number of carbonyl (C=O) groups excluding carboxylic acids is 1. The van der Waals surface area contributed by atoms with Crippen molar-refractivity contribution in [2.75, 3.05) is 78.0 Å². The fraction of sp³-hybridized carbons (Fsp3) is 0.413. The number of sulfonamides is 2. The van der Waals surface area contributed by atoms with E-state index in [2.05, 4.69) is 51.5 Å². The van der Waals surface area contributed by atoms with E-state index < -0.39 is 20.0 Å². The zero-order valence-electron chi connectivity index (χ0n) is 36.0. The predicted octanol–water partition coefficient (Wildman–Crippen LogP) is 6.17. The number of amides is 1. The molecule has 2 fully saturated rings. The second-order valence-electron chi connectivity index (χ2n) is 16.4. The van der Waals surface area contributed by atoms with Crippen LogP contribution in [0.1, 0.15) is 89.5 Å². The van der Waals surface area contributed by atoms with Crippen LogP contribution in [0, 0.1) is 0 Å². The van der Waals surface area contributed by atoms with E-state index >= 15 is 0 Å². The minimum absolute atomic E-state index is 0.0302. The molecule has 4 heterocycles. The molecule has 3 N–H and O–H groups in total. The summed E-state index contributed by atoms with van der Waals surface area (Å²) < 4.78 is 51.0. The van der Waals surface area contributed by atoms with Crippen LogP contribution >= 0.6 is 23.2 Å². The van der Waals surface area contributed by atoms with E-state index in [1.165, 1.54) is 29.3 Å². The number of carbonyl (C=O) groups is 1. The van der Waals surface area contributed by atoms with Crippen LogP contribution in [-0.4, -0.2) is 129 Å². The van der Waals surface area contributed by atoms with Crippen molar-refractivity contribution in [2.24, 2.45) is 5.73 Å². The van der Waals surface area contributed by atoms with Crippen LogP contribution in [0.5, 0.6) is 0 Å². The van der Waals surface area contributed by atoms with Gasteiger partial charge in [-0.05, 0) is 102 Å². The smallest absolute Gasteiger partial charge is 0.216 e. The highest BCUT2D eigenvalue weighted by Crippen LogP contribution is 2.43. The summed E-state index contributed by atoms with van der Waals surface area (Å²) in [6, 6.07) is 19.9.